The van der Waals surface area contributed by atoms with Gasteiger partial charge >= 0.3 is 5.97 Å². The molecule has 0 fully saturated rings. The van der Waals surface area contributed by atoms with Crippen molar-refractivity contribution in [3.05, 3.63) is 35.4 Å². The molecule has 24 heavy (non-hydrogen) atoms. The number of nitrogens with zero attached hydrogens (tertiary/aromatic N) is 2. The Kier molecular flexibility index (Phi) is 5.33. The molecule has 1 aliphatic heterocycles. The third kappa shape index (κ3) is 3.45. The molecule has 0 spiro atoms. The average Bonchev–Trinajstić information content (AvgIpc) is 2.81. The van der Waals surface area contributed by atoms with Crippen molar-refractivity contribution in [2.24, 2.45) is 0 Å². The van der Waals surface area contributed by atoms with Crippen LogP contribution in [0.15, 0.2) is 24.3 Å². The predicted molar refractivity (Wildman–Crippen MR) is 85.5 cm³/mol. The van der Waals surface area contributed by atoms with Crippen molar-refractivity contribution < 1.29 is 24.3 Å². The van der Waals surface area contributed by atoms with Gasteiger partial charge in [-0.25, -0.2) is 0 Å². The zero-order valence-corrected chi connectivity index (χ0v) is 13.7. The molecule has 3 amide bonds. The van der Waals surface area contributed by atoms with Gasteiger partial charge in [-0.3, -0.25) is 24.1 Å². The Balaban J connectivity index is 2.05. The first kappa shape index (κ1) is 17.7. The van der Waals surface area contributed by atoms with Gasteiger partial charge in [0.2, 0.25) is 5.91 Å². The van der Waals surface area contributed by atoms with Crippen molar-refractivity contribution in [3.63, 3.8) is 0 Å². The van der Waals surface area contributed by atoms with Crippen LogP contribution in [0.25, 0.3) is 0 Å². The number of fused-ring (bicyclic) bond motifs is 1. The van der Waals surface area contributed by atoms with Crippen molar-refractivity contribution in [2.75, 3.05) is 13.1 Å². The maximum atomic E-state index is 12.3. The molecule has 7 nitrogen and oxygen atoms in total. The molecular formula is C17H20N2O5. The predicted octanol–water partition coefficient (Wildman–Crippen LogP) is 1.38. The van der Waals surface area contributed by atoms with Crippen molar-refractivity contribution in [2.45, 2.75) is 32.7 Å². The lowest BCUT2D eigenvalue weighted by molar-refractivity contribution is -0.146. The van der Waals surface area contributed by atoms with Gasteiger partial charge in [0.05, 0.1) is 11.1 Å². The van der Waals surface area contributed by atoms with Crippen LogP contribution in [0.2, 0.25) is 0 Å². The third-order valence-corrected chi connectivity index (χ3v) is 4.18. The minimum atomic E-state index is -1.09. The Hall–Kier alpha value is -2.70. The summed E-state index contributed by atoms with van der Waals surface area (Å²) in [6.07, 6.45) is 0.523. The monoisotopic (exact) mass is 332 g/mol. The fourth-order valence-electron chi connectivity index (χ4n) is 2.65. The zero-order valence-electron chi connectivity index (χ0n) is 13.7. The van der Waals surface area contributed by atoms with Crippen LogP contribution in [0.3, 0.4) is 0 Å². The number of carboxylic acid groups (broad SMARTS) is 1. The second-order valence-corrected chi connectivity index (χ2v) is 5.73. The molecule has 1 aromatic carbocycles. The van der Waals surface area contributed by atoms with Gasteiger partial charge in [0.15, 0.2) is 0 Å². The van der Waals surface area contributed by atoms with Crippen LogP contribution in [0, 0.1) is 0 Å². The third-order valence-electron chi connectivity index (χ3n) is 4.18. The largest absolute Gasteiger partial charge is 0.480 e. The van der Waals surface area contributed by atoms with E-state index in [1.165, 1.54) is 4.90 Å². The summed E-state index contributed by atoms with van der Waals surface area (Å²) in [6, 6.07) is 6.28. The highest BCUT2D eigenvalue weighted by Gasteiger charge is 2.35. The summed E-state index contributed by atoms with van der Waals surface area (Å²) in [4.78, 5) is 50.1. The fraction of sp³-hybridized carbons (Fsp3) is 0.412. The number of carboxylic acids is 1. The summed E-state index contributed by atoms with van der Waals surface area (Å²) >= 11 is 0. The number of carbonyl (C=O) groups is 4. The molecular weight excluding hydrogens is 312 g/mol. The lowest BCUT2D eigenvalue weighted by Gasteiger charge is -2.27. The SMILES string of the molecule is CCC(C)N(CC(=O)O)C(=O)CCN1C(=O)c2ccccc2C1=O. The van der Waals surface area contributed by atoms with E-state index in [1.54, 1.807) is 31.2 Å². The smallest absolute Gasteiger partial charge is 0.323 e. The number of rotatable bonds is 7. The Morgan fingerprint density at radius 3 is 2.17 bits per heavy atom. The van der Waals surface area contributed by atoms with Gasteiger partial charge in [-0.15, -0.1) is 0 Å². The van der Waals surface area contributed by atoms with E-state index in [1.807, 2.05) is 6.92 Å². The Labute approximate surface area is 139 Å². The van der Waals surface area contributed by atoms with Gasteiger partial charge in [-0.05, 0) is 25.5 Å². The summed E-state index contributed by atoms with van der Waals surface area (Å²) in [5, 5.41) is 8.95. The van der Waals surface area contributed by atoms with E-state index in [2.05, 4.69) is 0 Å². The lowest BCUT2D eigenvalue weighted by atomic mass is 10.1. The molecule has 0 radical (unpaired) electrons. The molecule has 1 aliphatic rings. The highest BCUT2D eigenvalue weighted by molar-refractivity contribution is 6.21. The summed E-state index contributed by atoms with van der Waals surface area (Å²) in [6.45, 7) is 3.17. The van der Waals surface area contributed by atoms with E-state index < -0.39 is 24.3 Å². The number of hydrogen-bond donors (Lipinski definition) is 1. The normalized spacial score (nSPS) is 14.5. The van der Waals surface area contributed by atoms with E-state index in [4.69, 9.17) is 5.11 Å². The minimum absolute atomic E-state index is 0.0578. The van der Waals surface area contributed by atoms with Gasteiger partial charge < -0.3 is 10.0 Å². The molecule has 0 saturated heterocycles. The van der Waals surface area contributed by atoms with Crippen LogP contribution in [0.1, 0.15) is 47.4 Å². The second kappa shape index (κ2) is 7.25. The number of benzene rings is 1. The molecule has 7 heteroatoms. The molecule has 2 rings (SSSR count). The van der Waals surface area contributed by atoms with E-state index in [9.17, 15) is 19.2 Å². The van der Waals surface area contributed by atoms with Gasteiger partial charge in [-0.2, -0.15) is 0 Å². The zero-order chi connectivity index (χ0) is 17.9. The molecule has 1 unspecified atom stereocenters. The molecule has 0 saturated carbocycles. The van der Waals surface area contributed by atoms with Gasteiger partial charge in [0.25, 0.3) is 11.8 Å². The molecule has 0 bridgehead atoms. The number of hydrogen-bond acceptors (Lipinski definition) is 4. The van der Waals surface area contributed by atoms with Crippen molar-refractivity contribution in [1.29, 1.82) is 0 Å². The van der Waals surface area contributed by atoms with E-state index in [0.29, 0.717) is 17.5 Å². The van der Waals surface area contributed by atoms with Gasteiger partial charge in [-0.1, -0.05) is 19.1 Å². The van der Waals surface area contributed by atoms with Crippen LogP contribution in [-0.2, 0) is 9.59 Å². The number of carbonyl (C=O) groups excluding carboxylic acids is 3. The van der Waals surface area contributed by atoms with Crippen molar-refractivity contribution in [1.82, 2.24) is 9.80 Å². The Morgan fingerprint density at radius 2 is 1.71 bits per heavy atom. The van der Waals surface area contributed by atoms with Crippen molar-refractivity contribution in [3.8, 4) is 0 Å². The fourth-order valence-corrected chi connectivity index (χ4v) is 2.65. The average molecular weight is 332 g/mol. The summed E-state index contributed by atoms with van der Waals surface area (Å²) in [5.41, 5.74) is 0.665. The second-order valence-electron chi connectivity index (χ2n) is 5.73. The van der Waals surface area contributed by atoms with Gasteiger partial charge in [0.1, 0.15) is 6.54 Å². The first-order chi connectivity index (χ1) is 11.4. The van der Waals surface area contributed by atoms with Crippen LogP contribution in [-0.4, -0.2) is 57.7 Å². The molecule has 1 atom stereocenters. The van der Waals surface area contributed by atoms with E-state index in [-0.39, 0.29) is 24.9 Å². The summed E-state index contributed by atoms with van der Waals surface area (Å²) in [5.74, 6) is -2.32. The lowest BCUT2D eigenvalue weighted by Crippen LogP contribution is -2.43. The summed E-state index contributed by atoms with van der Waals surface area (Å²) in [7, 11) is 0. The number of imide groups is 1. The van der Waals surface area contributed by atoms with Crippen LogP contribution < -0.4 is 0 Å². The molecule has 0 aromatic heterocycles. The summed E-state index contributed by atoms with van der Waals surface area (Å²) < 4.78 is 0. The molecule has 1 N–H and O–H groups in total. The first-order valence-electron chi connectivity index (χ1n) is 7.83. The molecule has 1 aromatic rings. The molecule has 128 valence electrons. The molecule has 1 heterocycles. The topological polar surface area (TPSA) is 95.0 Å². The maximum absolute atomic E-state index is 12.3. The Bertz CT molecular complexity index is 650. The van der Waals surface area contributed by atoms with Crippen LogP contribution in [0.5, 0.6) is 0 Å². The van der Waals surface area contributed by atoms with Gasteiger partial charge in [0, 0.05) is 19.0 Å². The minimum Gasteiger partial charge on any atom is -0.480 e. The first-order valence-corrected chi connectivity index (χ1v) is 7.83. The highest BCUT2D eigenvalue weighted by Crippen LogP contribution is 2.22. The van der Waals surface area contributed by atoms with E-state index in [0.717, 1.165) is 4.90 Å². The quantitative estimate of drug-likeness (QED) is 0.761. The van der Waals surface area contributed by atoms with E-state index >= 15 is 0 Å². The van der Waals surface area contributed by atoms with Crippen molar-refractivity contribution >= 4 is 23.7 Å². The number of aliphatic carboxylic acids is 1. The molecule has 0 aliphatic carbocycles. The highest BCUT2D eigenvalue weighted by atomic mass is 16.4. The maximum Gasteiger partial charge on any atom is 0.323 e. The van der Waals surface area contributed by atoms with Crippen LogP contribution >= 0.6 is 0 Å². The van der Waals surface area contributed by atoms with Crippen LogP contribution in [0.4, 0.5) is 0 Å². The number of amides is 3. The Morgan fingerprint density at radius 1 is 1.17 bits per heavy atom. The standard InChI is InChI=1S/C17H20N2O5/c1-3-11(2)19(10-15(21)22)14(20)8-9-18-16(23)12-6-4-5-7-13(12)17(18)24/h4-7,11H,3,8-10H2,1-2H3,(H,21,22).